The predicted molar refractivity (Wildman–Crippen MR) is 103 cm³/mol. The van der Waals surface area contributed by atoms with E-state index in [0.717, 1.165) is 48.7 Å². The van der Waals surface area contributed by atoms with Crippen LogP contribution in [0.3, 0.4) is 0 Å². The molecular weight excluding hydrogens is 328 g/mol. The summed E-state index contributed by atoms with van der Waals surface area (Å²) in [7, 11) is 3.76. The van der Waals surface area contributed by atoms with Crippen LogP contribution in [-0.2, 0) is 11.2 Å². The summed E-state index contributed by atoms with van der Waals surface area (Å²) in [6.45, 7) is 2.14. The predicted octanol–water partition coefficient (Wildman–Crippen LogP) is 3.35. The Balaban J connectivity index is 1.51. The Hall–Kier alpha value is -2.53. The van der Waals surface area contributed by atoms with Crippen molar-refractivity contribution in [3.63, 3.8) is 0 Å². The van der Waals surface area contributed by atoms with Crippen LogP contribution < -0.4 is 14.8 Å². The third-order valence-electron chi connectivity index (χ3n) is 4.61. The Morgan fingerprint density at radius 1 is 1.12 bits per heavy atom. The summed E-state index contributed by atoms with van der Waals surface area (Å²) < 4.78 is 11.2. The van der Waals surface area contributed by atoms with Crippen molar-refractivity contribution in [3.05, 3.63) is 54.1 Å². The van der Waals surface area contributed by atoms with Gasteiger partial charge in [-0.2, -0.15) is 0 Å². The van der Waals surface area contributed by atoms with Gasteiger partial charge in [0.05, 0.1) is 13.5 Å². The smallest absolute Gasteiger partial charge is 0.228 e. The van der Waals surface area contributed by atoms with Crippen LogP contribution in [0.2, 0.25) is 0 Å². The zero-order chi connectivity index (χ0) is 18.4. The van der Waals surface area contributed by atoms with Gasteiger partial charge in [0.15, 0.2) is 0 Å². The third kappa shape index (κ3) is 5.23. The molecule has 1 amide bonds. The van der Waals surface area contributed by atoms with Crippen LogP contribution in [0.25, 0.3) is 0 Å². The molecule has 0 spiro atoms. The second kappa shape index (κ2) is 8.72. The molecule has 3 rings (SSSR count). The minimum Gasteiger partial charge on any atom is -0.497 e. The maximum atomic E-state index is 12.2. The summed E-state index contributed by atoms with van der Waals surface area (Å²) in [4.78, 5) is 14.5. The van der Waals surface area contributed by atoms with E-state index in [2.05, 4.69) is 17.3 Å². The Morgan fingerprint density at radius 3 is 2.54 bits per heavy atom. The van der Waals surface area contributed by atoms with Crippen LogP contribution in [0.1, 0.15) is 18.4 Å². The second-order valence-corrected chi connectivity index (χ2v) is 6.72. The van der Waals surface area contributed by atoms with Crippen molar-refractivity contribution in [1.82, 2.24) is 4.90 Å². The van der Waals surface area contributed by atoms with Gasteiger partial charge < -0.3 is 19.7 Å². The molecule has 5 heteroatoms. The van der Waals surface area contributed by atoms with Gasteiger partial charge in [-0.1, -0.05) is 12.1 Å². The van der Waals surface area contributed by atoms with Crippen molar-refractivity contribution >= 4 is 11.6 Å². The highest BCUT2D eigenvalue weighted by Gasteiger charge is 2.17. The molecule has 1 heterocycles. The largest absolute Gasteiger partial charge is 0.497 e. The third-order valence-corrected chi connectivity index (χ3v) is 4.61. The van der Waals surface area contributed by atoms with Crippen molar-refractivity contribution in [1.29, 1.82) is 0 Å². The minimum atomic E-state index is -0.0535. The highest BCUT2D eigenvalue weighted by atomic mass is 16.5. The molecule has 26 heavy (non-hydrogen) atoms. The average Bonchev–Trinajstić information content (AvgIpc) is 2.65. The molecule has 1 saturated heterocycles. The van der Waals surface area contributed by atoms with Gasteiger partial charge in [-0.15, -0.1) is 0 Å². The first-order valence-corrected chi connectivity index (χ1v) is 9.00. The molecule has 2 aromatic rings. The first kappa shape index (κ1) is 18.3. The van der Waals surface area contributed by atoms with Crippen LogP contribution in [0.15, 0.2) is 48.5 Å². The average molecular weight is 354 g/mol. The molecule has 1 aliphatic rings. The number of carbonyl (C=O) groups excluding carboxylic acids is 1. The number of hydrogen-bond donors (Lipinski definition) is 1. The van der Waals surface area contributed by atoms with Crippen LogP contribution >= 0.6 is 0 Å². The van der Waals surface area contributed by atoms with E-state index in [4.69, 9.17) is 9.47 Å². The van der Waals surface area contributed by atoms with Crippen molar-refractivity contribution in [3.8, 4) is 11.5 Å². The van der Waals surface area contributed by atoms with Crippen molar-refractivity contribution < 1.29 is 14.3 Å². The molecule has 0 bridgehead atoms. The lowest BCUT2D eigenvalue weighted by Crippen LogP contribution is -2.35. The van der Waals surface area contributed by atoms with E-state index in [0.29, 0.717) is 6.42 Å². The number of piperidine rings is 1. The molecular formula is C21H26N2O3. The molecule has 0 unspecified atom stereocenters. The van der Waals surface area contributed by atoms with Crippen LogP contribution in [0.5, 0.6) is 11.5 Å². The lowest BCUT2D eigenvalue weighted by atomic mass is 10.1. The van der Waals surface area contributed by atoms with Gasteiger partial charge in [0.1, 0.15) is 17.6 Å². The van der Waals surface area contributed by atoms with Gasteiger partial charge in [0.2, 0.25) is 5.91 Å². The van der Waals surface area contributed by atoms with Gasteiger partial charge in [0, 0.05) is 18.8 Å². The molecule has 0 saturated carbocycles. The fourth-order valence-electron chi connectivity index (χ4n) is 3.09. The van der Waals surface area contributed by atoms with Crippen molar-refractivity contribution in [2.45, 2.75) is 25.4 Å². The van der Waals surface area contributed by atoms with E-state index in [-0.39, 0.29) is 12.0 Å². The first-order valence-electron chi connectivity index (χ1n) is 9.00. The maximum Gasteiger partial charge on any atom is 0.228 e. The van der Waals surface area contributed by atoms with Gasteiger partial charge >= 0.3 is 0 Å². The number of nitrogens with zero attached hydrogens (tertiary/aromatic N) is 1. The molecule has 5 nitrogen and oxygen atoms in total. The SMILES string of the molecule is COc1cccc(CC(=O)Nc2ccc(OC3CCN(C)CC3)cc2)c1. The number of ether oxygens (including phenoxy) is 2. The van der Waals surface area contributed by atoms with E-state index in [1.165, 1.54) is 0 Å². The minimum absolute atomic E-state index is 0.0535. The van der Waals surface area contributed by atoms with Crippen molar-refractivity contribution in [2.75, 3.05) is 32.6 Å². The standard InChI is InChI=1S/C21H26N2O3/c1-23-12-10-19(11-13-23)26-18-8-6-17(7-9-18)22-21(24)15-16-4-3-5-20(14-16)25-2/h3-9,14,19H,10-13,15H2,1-2H3,(H,22,24). The van der Waals surface area contributed by atoms with Gasteiger partial charge in [-0.25, -0.2) is 0 Å². The summed E-state index contributed by atoms with van der Waals surface area (Å²) >= 11 is 0. The van der Waals surface area contributed by atoms with E-state index >= 15 is 0 Å². The zero-order valence-electron chi connectivity index (χ0n) is 15.4. The molecule has 1 fully saturated rings. The van der Waals surface area contributed by atoms with E-state index in [9.17, 15) is 4.79 Å². The Morgan fingerprint density at radius 2 is 1.85 bits per heavy atom. The van der Waals surface area contributed by atoms with E-state index in [1.807, 2.05) is 48.5 Å². The Bertz CT molecular complexity index is 722. The lowest BCUT2D eigenvalue weighted by Gasteiger charge is -2.29. The quantitative estimate of drug-likeness (QED) is 0.864. The van der Waals surface area contributed by atoms with Crippen LogP contribution in [0, 0.1) is 0 Å². The maximum absolute atomic E-state index is 12.2. The highest BCUT2D eigenvalue weighted by Crippen LogP contribution is 2.21. The number of methoxy groups -OCH3 is 1. The number of carbonyl (C=O) groups is 1. The Kier molecular flexibility index (Phi) is 6.12. The number of nitrogens with one attached hydrogen (secondary N) is 1. The Labute approximate surface area is 154 Å². The molecule has 138 valence electrons. The van der Waals surface area contributed by atoms with E-state index < -0.39 is 0 Å². The molecule has 1 aliphatic heterocycles. The summed E-state index contributed by atoms with van der Waals surface area (Å²) in [5, 5.41) is 2.92. The fraction of sp³-hybridized carbons (Fsp3) is 0.381. The molecule has 0 atom stereocenters. The number of benzene rings is 2. The van der Waals surface area contributed by atoms with E-state index in [1.54, 1.807) is 7.11 Å². The highest BCUT2D eigenvalue weighted by molar-refractivity contribution is 5.92. The topological polar surface area (TPSA) is 50.8 Å². The number of rotatable bonds is 6. The summed E-state index contributed by atoms with van der Waals surface area (Å²) in [5.74, 6) is 1.55. The molecule has 0 radical (unpaired) electrons. The number of amides is 1. The van der Waals surface area contributed by atoms with Crippen molar-refractivity contribution in [2.24, 2.45) is 0 Å². The van der Waals surface area contributed by atoms with Gasteiger partial charge in [-0.05, 0) is 61.9 Å². The number of anilines is 1. The van der Waals surface area contributed by atoms with Crippen LogP contribution in [0.4, 0.5) is 5.69 Å². The normalized spacial score (nSPS) is 15.5. The first-order chi connectivity index (χ1) is 12.6. The fourth-order valence-corrected chi connectivity index (χ4v) is 3.09. The van der Waals surface area contributed by atoms with Gasteiger partial charge in [-0.3, -0.25) is 4.79 Å². The van der Waals surface area contributed by atoms with Crippen LogP contribution in [-0.4, -0.2) is 44.2 Å². The number of hydrogen-bond acceptors (Lipinski definition) is 4. The molecule has 2 aromatic carbocycles. The second-order valence-electron chi connectivity index (χ2n) is 6.72. The van der Waals surface area contributed by atoms with Gasteiger partial charge in [0.25, 0.3) is 0 Å². The lowest BCUT2D eigenvalue weighted by molar-refractivity contribution is -0.115. The molecule has 1 N–H and O–H groups in total. The monoisotopic (exact) mass is 354 g/mol. The summed E-state index contributed by atoms with van der Waals surface area (Å²) in [6, 6.07) is 15.1. The number of likely N-dealkylation sites (tertiary alicyclic amines) is 1. The summed E-state index contributed by atoms with van der Waals surface area (Å²) in [5.41, 5.74) is 1.69. The zero-order valence-corrected chi connectivity index (χ0v) is 15.4. The molecule has 0 aromatic heterocycles. The molecule has 0 aliphatic carbocycles. The summed E-state index contributed by atoms with van der Waals surface area (Å²) in [6.07, 6.45) is 2.69.